The standard InChI is InChI=1S/C14H12BClO4/c1-20-14(17)12-8-10(4-7-13(12)15(18)19)9-2-5-11(16)6-3-9/h2-8,18-19H,1H3. The second-order valence-corrected chi connectivity index (χ2v) is 4.61. The van der Waals surface area contributed by atoms with E-state index in [1.807, 2.05) is 12.1 Å². The molecular weight excluding hydrogens is 278 g/mol. The van der Waals surface area contributed by atoms with Crippen LogP contribution in [0.4, 0.5) is 0 Å². The van der Waals surface area contributed by atoms with Crippen LogP contribution in [0.1, 0.15) is 10.4 Å². The lowest BCUT2D eigenvalue weighted by atomic mass is 9.76. The number of halogens is 1. The molecule has 0 spiro atoms. The molecule has 6 heteroatoms. The van der Waals surface area contributed by atoms with Crippen molar-refractivity contribution in [1.29, 1.82) is 0 Å². The van der Waals surface area contributed by atoms with E-state index >= 15 is 0 Å². The van der Waals surface area contributed by atoms with Gasteiger partial charge in [0.2, 0.25) is 0 Å². The molecule has 2 aromatic rings. The second kappa shape index (κ2) is 6.09. The lowest BCUT2D eigenvalue weighted by Crippen LogP contribution is -2.35. The highest BCUT2D eigenvalue weighted by molar-refractivity contribution is 6.60. The average Bonchev–Trinajstić information content (AvgIpc) is 2.46. The first-order valence-corrected chi connectivity index (χ1v) is 6.25. The topological polar surface area (TPSA) is 66.8 Å². The molecule has 0 saturated carbocycles. The minimum atomic E-state index is -1.73. The molecule has 2 N–H and O–H groups in total. The second-order valence-electron chi connectivity index (χ2n) is 4.17. The number of hydrogen-bond donors (Lipinski definition) is 2. The fourth-order valence-electron chi connectivity index (χ4n) is 1.89. The minimum Gasteiger partial charge on any atom is -0.465 e. The lowest BCUT2D eigenvalue weighted by molar-refractivity contribution is 0.0601. The number of carbonyl (C=O) groups excluding carboxylic acids is 1. The lowest BCUT2D eigenvalue weighted by Gasteiger charge is -2.10. The predicted octanol–water partition coefficient (Wildman–Crippen LogP) is 1.47. The maximum absolute atomic E-state index is 11.7. The number of benzene rings is 2. The zero-order valence-corrected chi connectivity index (χ0v) is 11.5. The van der Waals surface area contributed by atoms with Gasteiger partial charge in [-0.15, -0.1) is 0 Å². The fourth-order valence-corrected chi connectivity index (χ4v) is 2.02. The number of ether oxygens (including phenoxy) is 1. The summed E-state index contributed by atoms with van der Waals surface area (Å²) in [7, 11) is -0.492. The molecule has 0 heterocycles. The molecule has 0 radical (unpaired) electrons. The Kier molecular flexibility index (Phi) is 4.44. The van der Waals surface area contributed by atoms with Crippen LogP contribution < -0.4 is 5.46 Å². The highest BCUT2D eigenvalue weighted by Crippen LogP contribution is 2.22. The maximum Gasteiger partial charge on any atom is 0.489 e. The Hall–Kier alpha value is -1.82. The van der Waals surface area contributed by atoms with E-state index in [0.717, 1.165) is 11.1 Å². The van der Waals surface area contributed by atoms with Gasteiger partial charge >= 0.3 is 13.1 Å². The van der Waals surface area contributed by atoms with Gasteiger partial charge in [0.05, 0.1) is 12.7 Å². The highest BCUT2D eigenvalue weighted by atomic mass is 35.5. The van der Waals surface area contributed by atoms with Gasteiger partial charge < -0.3 is 14.8 Å². The van der Waals surface area contributed by atoms with Crippen molar-refractivity contribution in [1.82, 2.24) is 0 Å². The first kappa shape index (κ1) is 14.6. The van der Waals surface area contributed by atoms with Crippen LogP contribution in [-0.2, 0) is 4.74 Å². The van der Waals surface area contributed by atoms with Crippen LogP contribution in [0.5, 0.6) is 0 Å². The van der Waals surface area contributed by atoms with Crippen molar-refractivity contribution in [3.05, 3.63) is 53.1 Å². The molecule has 0 aliphatic rings. The monoisotopic (exact) mass is 290 g/mol. The third-order valence-electron chi connectivity index (χ3n) is 2.91. The molecule has 4 nitrogen and oxygen atoms in total. The first-order valence-electron chi connectivity index (χ1n) is 5.87. The molecular formula is C14H12BClO4. The Morgan fingerprint density at radius 2 is 1.70 bits per heavy atom. The van der Waals surface area contributed by atoms with Gasteiger partial charge in [0.1, 0.15) is 0 Å². The van der Waals surface area contributed by atoms with E-state index in [2.05, 4.69) is 4.74 Å². The summed E-state index contributed by atoms with van der Waals surface area (Å²) in [5, 5.41) is 19.2. The van der Waals surface area contributed by atoms with Crippen LogP contribution in [0.25, 0.3) is 11.1 Å². The van der Waals surface area contributed by atoms with Crippen molar-refractivity contribution < 1.29 is 19.6 Å². The summed E-state index contributed by atoms with van der Waals surface area (Å²) in [6.07, 6.45) is 0. The molecule has 0 aliphatic carbocycles. The Morgan fingerprint density at radius 3 is 2.25 bits per heavy atom. The zero-order chi connectivity index (χ0) is 14.7. The molecule has 20 heavy (non-hydrogen) atoms. The predicted molar refractivity (Wildman–Crippen MR) is 78.1 cm³/mol. The van der Waals surface area contributed by atoms with Gasteiger partial charge in [0.25, 0.3) is 0 Å². The van der Waals surface area contributed by atoms with Gasteiger partial charge in [-0.25, -0.2) is 4.79 Å². The third kappa shape index (κ3) is 3.01. The van der Waals surface area contributed by atoms with Gasteiger partial charge in [0, 0.05) is 5.02 Å². The van der Waals surface area contributed by atoms with E-state index < -0.39 is 13.1 Å². The molecule has 0 unspecified atom stereocenters. The molecule has 0 fully saturated rings. The van der Waals surface area contributed by atoms with Crippen molar-refractivity contribution in [2.45, 2.75) is 0 Å². The highest BCUT2D eigenvalue weighted by Gasteiger charge is 2.21. The first-order chi connectivity index (χ1) is 9.52. The SMILES string of the molecule is COC(=O)c1cc(-c2ccc(Cl)cc2)ccc1B(O)O. The van der Waals surface area contributed by atoms with E-state index in [9.17, 15) is 14.8 Å². The molecule has 102 valence electrons. The molecule has 0 saturated heterocycles. The molecule has 0 aromatic heterocycles. The van der Waals surface area contributed by atoms with Crippen LogP contribution in [0.15, 0.2) is 42.5 Å². The van der Waals surface area contributed by atoms with E-state index in [1.54, 1.807) is 24.3 Å². The summed E-state index contributed by atoms with van der Waals surface area (Å²) in [6, 6.07) is 11.9. The summed E-state index contributed by atoms with van der Waals surface area (Å²) in [6.45, 7) is 0. The van der Waals surface area contributed by atoms with Crippen molar-refractivity contribution in [2.24, 2.45) is 0 Å². The Balaban J connectivity index is 2.51. The van der Waals surface area contributed by atoms with E-state index in [-0.39, 0.29) is 11.0 Å². The van der Waals surface area contributed by atoms with Crippen LogP contribution >= 0.6 is 11.6 Å². The molecule has 0 amide bonds. The summed E-state index contributed by atoms with van der Waals surface area (Å²) in [5.74, 6) is -0.621. The van der Waals surface area contributed by atoms with Crippen molar-refractivity contribution in [2.75, 3.05) is 7.11 Å². The smallest absolute Gasteiger partial charge is 0.465 e. The summed E-state index contributed by atoms with van der Waals surface area (Å²) < 4.78 is 4.65. The Labute approximate surface area is 121 Å². The molecule has 2 rings (SSSR count). The number of rotatable bonds is 3. The summed E-state index contributed by atoms with van der Waals surface area (Å²) >= 11 is 5.83. The minimum absolute atomic E-state index is 0.106. The number of hydrogen-bond acceptors (Lipinski definition) is 4. The number of methoxy groups -OCH3 is 1. The molecule has 2 aromatic carbocycles. The van der Waals surface area contributed by atoms with Gasteiger partial charge in [-0.2, -0.15) is 0 Å². The van der Waals surface area contributed by atoms with Gasteiger partial charge in [-0.3, -0.25) is 0 Å². The van der Waals surface area contributed by atoms with Crippen LogP contribution in [0.2, 0.25) is 5.02 Å². The van der Waals surface area contributed by atoms with Gasteiger partial charge in [-0.1, -0.05) is 35.9 Å². The third-order valence-corrected chi connectivity index (χ3v) is 3.17. The number of carbonyl (C=O) groups is 1. The molecule has 0 atom stereocenters. The van der Waals surface area contributed by atoms with Crippen LogP contribution in [0.3, 0.4) is 0 Å². The van der Waals surface area contributed by atoms with E-state index in [1.165, 1.54) is 13.2 Å². The Bertz CT molecular complexity index is 626. The summed E-state index contributed by atoms with van der Waals surface area (Å²) in [5.41, 5.74) is 1.84. The zero-order valence-electron chi connectivity index (χ0n) is 10.7. The van der Waals surface area contributed by atoms with Crippen molar-refractivity contribution in [3.63, 3.8) is 0 Å². The average molecular weight is 291 g/mol. The van der Waals surface area contributed by atoms with Crippen molar-refractivity contribution >= 4 is 30.2 Å². The fraction of sp³-hybridized carbons (Fsp3) is 0.0714. The molecule has 0 bridgehead atoms. The quantitative estimate of drug-likeness (QED) is 0.664. The van der Waals surface area contributed by atoms with Crippen molar-refractivity contribution in [3.8, 4) is 11.1 Å². The van der Waals surface area contributed by atoms with E-state index in [4.69, 9.17) is 11.6 Å². The number of esters is 1. The maximum atomic E-state index is 11.7. The summed E-state index contributed by atoms with van der Waals surface area (Å²) in [4.78, 5) is 11.7. The largest absolute Gasteiger partial charge is 0.489 e. The van der Waals surface area contributed by atoms with Gasteiger partial charge in [-0.05, 0) is 34.8 Å². The molecule has 0 aliphatic heterocycles. The Morgan fingerprint density at radius 1 is 1.10 bits per heavy atom. The van der Waals surface area contributed by atoms with Crippen LogP contribution in [0, 0.1) is 0 Å². The van der Waals surface area contributed by atoms with E-state index in [0.29, 0.717) is 5.02 Å². The van der Waals surface area contributed by atoms with Gasteiger partial charge in [0.15, 0.2) is 0 Å². The van der Waals surface area contributed by atoms with Crippen LogP contribution in [-0.4, -0.2) is 30.2 Å². The normalized spacial score (nSPS) is 10.2.